The highest BCUT2D eigenvalue weighted by molar-refractivity contribution is 5.77. The minimum Gasteiger partial charge on any atom is -0.352 e. The van der Waals surface area contributed by atoms with Crippen molar-refractivity contribution in [3.05, 3.63) is 35.4 Å². The molecule has 3 atom stereocenters. The summed E-state index contributed by atoms with van der Waals surface area (Å²) in [6, 6.07) is 9.13. The lowest BCUT2D eigenvalue weighted by Crippen LogP contribution is -2.31. The van der Waals surface area contributed by atoms with Gasteiger partial charge in [0.25, 0.3) is 0 Å². The third kappa shape index (κ3) is 2.59. The molecular weight excluding hydrogens is 260 g/mol. The zero-order valence-electron chi connectivity index (χ0n) is 12.5. The Labute approximate surface area is 126 Å². The van der Waals surface area contributed by atoms with Crippen LogP contribution < -0.4 is 10.6 Å². The Morgan fingerprint density at radius 3 is 2.90 bits per heavy atom. The number of piperidine rings is 1. The van der Waals surface area contributed by atoms with E-state index in [0.29, 0.717) is 24.3 Å². The van der Waals surface area contributed by atoms with E-state index in [2.05, 4.69) is 34.9 Å². The molecule has 3 heteroatoms. The van der Waals surface area contributed by atoms with E-state index in [1.54, 1.807) is 0 Å². The SMILES string of the molecule is O=C(CCC1CCNCC1)NC1C2Cc3ccccc3C21. The summed E-state index contributed by atoms with van der Waals surface area (Å²) >= 11 is 0. The van der Waals surface area contributed by atoms with E-state index in [4.69, 9.17) is 0 Å². The molecule has 3 nitrogen and oxygen atoms in total. The smallest absolute Gasteiger partial charge is 0.220 e. The van der Waals surface area contributed by atoms with Gasteiger partial charge >= 0.3 is 0 Å². The number of carbonyl (C=O) groups excluding carboxylic acids is 1. The molecule has 0 bridgehead atoms. The lowest BCUT2D eigenvalue weighted by atomic mass is 9.93. The van der Waals surface area contributed by atoms with Crippen molar-refractivity contribution in [1.29, 1.82) is 0 Å². The maximum Gasteiger partial charge on any atom is 0.220 e. The van der Waals surface area contributed by atoms with Crippen molar-refractivity contribution in [3.8, 4) is 0 Å². The van der Waals surface area contributed by atoms with E-state index in [9.17, 15) is 4.79 Å². The minimum atomic E-state index is 0.269. The molecule has 1 amide bonds. The van der Waals surface area contributed by atoms with Crippen molar-refractivity contribution in [1.82, 2.24) is 10.6 Å². The van der Waals surface area contributed by atoms with E-state index >= 15 is 0 Å². The van der Waals surface area contributed by atoms with E-state index in [1.807, 2.05) is 0 Å². The van der Waals surface area contributed by atoms with Crippen molar-refractivity contribution in [3.63, 3.8) is 0 Å². The maximum absolute atomic E-state index is 12.2. The fraction of sp³-hybridized carbons (Fsp3) is 0.611. The van der Waals surface area contributed by atoms with Crippen LogP contribution in [-0.4, -0.2) is 25.0 Å². The van der Waals surface area contributed by atoms with Crippen molar-refractivity contribution < 1.29 is 4.79 Å². The third-order valence-corrected chi connectivity index (χ3v) is 5.60. The predicted octanol–water partition coefficient (Wildman–Crippen LogP) is 2.22. The van der Waals surface area contributed by atoms with Gasteiger partial charge in [0, 0.05) is 18.4 Å². The third-order valence-electron chi connectivity index (χ3n) is 5.60. The first-order valence-corrected chi connectivity index (χ1v) is 8.41. The second-order valence-corrected chi connectivity index (χ2v) is 6.92. The number of amides is 1. The van der Waals surface area contributed by atoms with Crippen LogP contribution in [0.4, 0.5) is 0 Å². The molecule has 1 saturated heterocycles. The van der Waals surface area contributed by atoms with Crippen molar-refractivity contribution in [2.75, 3.05) is 13.1 Å². The second kappa shape index (κ2) is 5.45. The summed E-state index contributed by atoms with van der Waals surface area (Å²) in [4.78, 5) is 12.2. The molecule has 4 rings (SSSR count). The molecule has 1 aromatic rings. The molecule has 3 unspecified atom stereocenters. The molecule has 0 spiro atoms. The number of fused-ring (bicyclic) bond motifs is 3. The highest BCUT2D eigenvalue weighted by Gasteiger charge is 2.56. The van der Waals surface area contributed by atoms with Gasteiger partial charge in [-0.1, -0.05) is 24.3 Å². The average molecular weight is 284 g/mol. The molecular formula is C18H24N2O. The van der Waals surface area contributed by atoms with E-state index in [0.717, 1.165) is 31.8 Å². The summed E-state index contributed by atoms with van der Waals surface area (Å²) in [6.45, 7) is 2.24. The standard InChI is InChI=1S/C18H24N2O/c21-16(6-5-12-7-9-19-10-8-12)20-18-15-11-13-3-1-2-4-14(13)17(15)18/h1-4,12,15,17-19H,5-11H2,(H,20,21). The molecule has 1 aromatic carbocycles. The number of hydrogen-bond acceptors (Lipinski definition) is 2. The topological polar surface area (TPSA) is 41.1 Å². The Morgan fingerprint density at radius 1 is 1.24 bits per heavy atom. The Kier molecular flexibility index (Phi) is 3.46. The first kappa shape index (κ1) is 13.3. The van der Waals surface area contributed by atoms with Crippen molar-refractivity contribution >= 4 is 5.91 Å². The predicted molar refractivity (Wildman–Crippen MR) is 83.1 cm³/mol. The van der Waals surface area contributed by atoms with Crippen LogP contribution in [0.1, 0.15) is 42.7 Å². The molecule has 1 aliphatic heterocycles. The van der Waals surface area contributed by atoms with Gasteiger partial charge in [-0.2, -0.15) is 0 Å². The summed E-state index contributed by atoms with van der Waals surface area (Å²) in [7, 11) is 0. The van der Waals surface area contributed by atoms with Gasteiger partial charge in [-0.25, -0.2) is 0 Å². The molecule has 1 heterocycles. The minimum absolute atomic E-state index is 0.269. The molecule has 3 aliphatic rings. The highest BCUT2D eigenvalue weighted by atomic mass is 16.1. The maximum atomic E-state index is 12.2. The van der Waals surface area contributed by atoms with Gasteiger partial charge in [0.15, 0.2) is 0 Å². The van der Waals surface area contributed by atoms with Gasteiger partial charge in [0.2, 0.25) is 5.91 Å². The Hall–Kier alpha value is -1.35. The van der Waals surface area contributed by atoms with E-state index in [1.165, 1.54) is 24.0 Å². The number of benzene rings is 1. The van der Waals surface area contributed by atoms with Crippen LogP contribution >= 0.6 is 0 Å². The Bertz CT molecular complexity index is 536. The molecule has 21 heavy (non-hydrogen) atoms. The van der Waals surface area contributed by atoms with Crippen LogP contribution in [0.25, 0.3) is 0 Å². The van der Waals surface area contributed by atoms with Gasteiger partial charge < -0.3 is 10.6 Å². The first-order chi connectivity index (χ1) is 10.3. The Balaban J connectivity index is 1.26. The fourth-order valence-corrected chi connectivity index (χ4v) is 4.31. The molecule has 112 valence electrons. The first-order valence-electron chi connectivity index (χ1n) is 8.41. The van der Waals surface area contributed by atoms with Crippen LogP contribution in [0.5, 0.6) is 0 Å². The monoisotopic (exact) mass is 284 g/mol. The highest BCUT2D eigenvalue weighted by Crippen LogP contribution is 2.56. The van der Waals surface area contributed by atoms with Crippen LogP contribution in [0.3, 0.4) is 0 Å². The zero-order chi connectivity index (χ0) is 14.2. The van der Waals surface area contributed by atoms with Crippen LogP contribution in [-0.2, 0) is 11.2 Å². The van der Waals surface area contributed by atoms with Crippen LogP contribution in [0.15, 0.2) is 24.3 Å². The van der Waals surface area contributed by atoms with Gasteiger partial charge in [0.05, 0.1) is 0 Å². The molecule has 1 saturated carbocycles. The number of nitrogens with one attached hydrogen (secondary N) is 2. The summed E-state index contributed by atoms with van der Waals surface area (Å²) in [5.41, 5.74) is 2.97. The summed E-state index contributed by atoms with van der Waals surface area (Å²) < 4.78 is 0. The van der Waals surface area contributed by atoms with Gasteiger partial charge in [-0.3, -0.25) is 4.79 Å². The fourth-order valence-electron chi connectivity index (χ4n) is 4.31. The van der Waals surface area contributed by atoms with E-state index < -0.39 is 0 Å². The molecule has 2 N–H and O–H groups in total. The van der Waals surface area contributed by atoms with Gasteiger partial charge in [0.1, 0.15) is 0 Å². The summed E-state index contributed by atoms with van der Waals surface area (Å²) in [5, 5.41) is 6.66. The van der Waals surface area contributed by atoms with Crippen molar-refractivity contribution in [2.45, 2.75) is 44.1 Å². The Morgan fingerprint density at radius 2 is 2.05 bits per heavy atom. The molecule has 0 aromatic heterocycles. The normalized spacial score (nSPS) is 30.6. The van der Waals surface area contributed by atoms with Gasteiger partial charge in [-0.15, -0.1) is 0 Å². The lowest BCUT2D eigenvalue weighted by molar-refractivity contribution is -0.121. The summed E-state index contributed by atoms with van der Waals surface area (Å²) in [6.07, 6.45) is 5.39. The lowest BCUT2D eigenvalue weighted by Gasteiger charge is -2.22. The number of carbonyl (C=O) groups is 1. The quantitative estimate of drug-likeness (QED) is 0.890. The largest absolute Gasteiger partial charge is 0.352 e. The summed E-state index contributed by atoms with van der Waals surface area (Å²) in [5.74, 6) is 2.29. The number of rotatable bonds is 4. The molecule has 2 fully saturated rings. The van der Waals surface area contributed by atoms with E-state index in [-0.39, 0.29) is 5.91 Å². The second-order valence-electron chi connectivity index (χ2n) is 6.92. The molecule has 0 radical (unpaired) electrons. The average Bonchev–Trinajstić information content (AvgIpc) is 3.03. The van der Waals surface area contributed by atoms with Gasteiger partial charge in [-0.05, 0) is 61.7 Å². The van der Waals surface area contributed by atoms with Crippen molar-refractivity contribution in [2.24, 2.45) is 11.8 Å². The number of hydrogen-bond donors (Lipinski definition) is 2. The van der Waals surface area contributed by atoms with Crippen LogP contribution in [0.2, 0.25) is 0 Å². The molecule has 2 aliphatic carbocycles. The van der Waals surface area contributed by atoms with Crippen LogP contribution in [0, 0.1) is 11.8 Å². The zero-order valence-corrected chi connectivity index (χ0v) is 12.5.